The Morgan fingerprint density at radius 1 is 1.79 bits per heavy atom. The van der Waals surface area contributed by atoms with Crippen molar-refractivity contribution in [3.05, 3.63) is 11.8 Å². The maximum absolute atomic E-state index is 11.2. The van der Waals surface area contributed by atoms with Crippen LogP contribution in [0.3, 0.4) is 0 Å². The minimum atomic E-state index is 0.192. The Kier molecular flexibility index (Phi) is 2.50. The van der Waals surface area contributed by atoms with E-state index in [0.29, 0.717) is 17.0 Å². The Bertz CT molecular complexity index is 314. The van der Waals surface area contributed by atoms with Crippen molar-refractivity contribution in [2.45, 2.75) is 24.0 Å². The average molecular weight is 212 g/mol. The van der Waals surface area contributed by atoms with E-state index in [1.807, 2.05) is 6.20 Å². The first kappa shape index (κ1) is 9.58. The summed E-state index contributed by atoms with van der Waals surface area (Å²) < 4.78 is 0. The second kappa shape index (κ2) is 3.65. The Labute approximate surface area is 87.0 Å². The molecule has 14 heavy (non-hydrogen) atoms. The molecule has 1 saturated heterocycles. The molecule has 0 aromatic heterocycles. The van der Waals surface area contributed by atoms with Crippen LogP contribution in [0, 0.1) is 0 Å². The number of oxime groups is 1. The molecule has 2 aliphatic heterocycles. The summed E-state index contributed by atoms with van der Waals surface area (Å²) in [5.74, 6) is 0.192. The molecule has 0 N–H and O–H groups in total. The molecule has 1 amide bonds. The zero-order chi connectivity index (χ0) is 10.1. The van der Waals surface area contributed by atoms with Crippen LogP contribution >= 0.6 is 11.8 Å². The quantitative estimate of drug-likeness (QED) is 0.392. The summed E-state index contributed by atoms with van der Waals surface area (Å²) >= 11 is 1.79. The number of hydrogen-bond donors (Lipinski definition) is 0. The van der Waals surface area contributed by atoms with Gasteiger partial charge in [-0.15, -0.1) is 11.8 Å². The van der Waals surface area contributed by atoms with Gasteiger partial charge in [0.1, 0.15) is 7.11 Å². The second-order valence-electron chi connectivity index (χ2n) is 3.28. The van der Waals surface area contributed by atoms with Crippen molar-refractivity contribution < 1.29 is 9.63 Å². The number of hydrogen-bond acceptors (Lipinski definition) is 4. The normalized spacial score (nSPS) is 31.1. The smallest absolute Gasteiger partial charge is 0.230 e. The Balaban J connectivity index is 2.14. The summed E-state index contributed by atoms with van der Waals surface area (Å²) in [5, 5.41) is 4.43. The molecule has 0 radical (unpaired) electrons. The van der Waals surface area contributed by atoms with Crippen molar-refractivity contribution >= 4 is 23.9 Å². The molecular weight excluding hydrogens is 200 g/mol. The number of rotatable bonds is 2. The Morgan fingerprint density at radius 2 is 2.57 bits per heavy atom. The molecule has 2 aliphatic rings. The summed E-state index contributed by atoms with van der Waals surface area (Å²) in [6, 6.07) is 0. The van der Waals surface area contributed by atoms with Gasteiger partial charge in [-0.3, -0.25) is 4.79 Å². The second-order valence-corrected chi connectivity index (χ2v) is 4.81. The summed E-state index contributed by atoms with van der Waals surface area (Å²) in [6.07, 6.45) is 4.21. The topological polar surface area (TPSA) is 41.9 Å². The first-order chi connectivity index (χ1) is 6.72. The van der Waals surface area contributed by atoms with Gasteiger partial charge >= 0.3 is 0 Å². The molecule has 2 rings (SSSR count). The fourth-order valence-electron chi connectivity index (χ4n) is 1.50. The summed E-state index contributed by atoms with van der Waals surface area (Å²) in [4.78, 5) is 17.6. The zero-order valence-electron chi connectivity index (χ0n) is 8.14. The van der Waals surface area contributed by atoms with Crippen LogP contribution in [0.1, 0.15) is 13.3 Å². The fraction of sp³-hybridized carbons (Fsp3) is 0.556. The first-order valence-electron chi connectivity index (χ1n) is 4.47. The molecule has 2 atom stereocenters. The number of nitrogens with zero attached hydrogens (tertiary/aromatic N) is 2. The number of thioether (sulfide) groups is 1. The number of carbonyl (C=O) groups excluding carboxylic acids is 1. The Morgan fingerprint density at radius 3 is 3.21 bits per heavy atom. The molecule has 0 aromatic rings. The molecule has 0 aliphatic carbocycles. The minimum absolute atomic E-state index is 0.192. The van der Waals surface area contributed by atoms with Crippen LogP contribution in [0.5, 0.6) is 0 Å². The third-order valence-corrected chi connectivity index (χ3v) is 3.76. The van der Waals surface area contributed by atoms with Gasteiger partial charge in [-0.1, -0.05) is 5.16 Å². The lowest BCUT2D eigenvalue weighted by Crippen LogP contribution is -2.50. The van der Waals surface area contributed by atoms with Gasteiger partial charge < -0.3 is 9.74 Å². The van der Waals surface area contributed by atoms with Gasteiger partial charge in [0.15, 0.2) is 0 Å². The molecular formula is C9H12N2O2S. The van der Waals surface area contributed by atoms with E-state index in [9.17, 15) is 4.79 Å². The number of amides is 1. The largest absolute Gasteiger partial charge is 0.399 e. The van der Waals surface area contributed by atoms with Gasteiger partial charge in [0.25, 0.3) is 0 Å². The van der Waals surface area contributed by atoms with E-state index < -0.39 is 0 Å². The maximum atomic E-state index is 11.2. The van der Waals surface area contributed by atoms with Gasteiger partial charge in [-0.2, -0.15) is 0 Å². The van der Waals surface area contributed by atoms with Crippen LogP contribution in [0.15, 0.2) is 16.9 Å². The molecule has 0 spiro atoms. The van der Waals surface area contributed by atoms with Crippen molar-refractivity contribution in [3.63, 3.8) is 0 Å². The van der Waals surface area contributed by atoms with E-state index in [1.165, 1.54) is 7.11 Å². The predicted molar refractivity (Wildman–Crippen MR) is 55.9 cm³/mol. The molecule has 5 heteroatoms. The summed E-state index contributed by atoms with van der Waals surface area (Å²) in [7, 11) is 1.51. The van der Waals surface area contributed by atoms with Crippen molar-refractivity contribution in [1.82, 2.24) is 4.90 Å². The molecule has 0 aromatic carbocycles. The molecule has 0 saturated carbocycles. The van der Waals surface area contributed by atoms with E-state index in [1.54, 1.807) is 22.9 Å². The van der Waals surface area contributed by atoms with E-state index in [0.717, 1.165) is 5.57 Å². The molecule has 4 nitrogen and oxygen atoms in total. The molecule has 2 heterocycles. The van der Waals surface area contributed by atoms with Crippen molar-refractivity contribution in [3.8, 4) is 0 Å². The molecule has 0 bridgehead atoms. The lowest BCUT2D eigenvalue weighted by atomic mass is 10.1. The highest BCUT2D eigenvalue weighted by molar-refractivity contribution is 8.00. The molecule has 0 unspecified atom stereocenters. The third-order valence-electron chi connectivity index (χ3n) is 2.37. The number of β-lactam (4-membered cyclic amide) rings is 1. The van der Waals surface area contributed by atoms with Crippen LogP contribution in [0.4, 0.5) is 0 Å². The maximum Gasteiger partial charge on any atom is 0.230 e. The lowest BCUT2D eigenvalue weighted by molar-refractivity contribution is -0.137. The lowest BCUT2D eigenvalue weighted by Gasteiger charge is -2.42. The van der Waals surface area contributed by atoms with Gasteiger partial charge in [-0.05, 0) is 6.92 Å². The van der Waals surface area contributed by atoms with Crippen LogP contribution in [-0.4, -0.2) is 34.8 Å². The SMILES string of the molecule is CON=CC1=CN2C(=O)C[C@H]2S[C@@H]1C. The van der Waals surface area contributed by atoms with Crippen molar-refractivity contribution in [2.24, 2.45) is 5.16 Å². The van der Waals surface area contributed by atoms with E-state index in [4.69, 9.17) is 0 Å². The van der Waals surface area contributed by atoms with Crippen LogP contribution in [0.25, 0.3) is 0 Å². The predicted octanol–water partition coefficient (Wildman–Crippen LogP) is 1.20. The molecule has 1 fully saturated rings. The third kappa shape index (κ3) is 1.52. The van der Waals surface area contributed by atoms with Gasteiger partial charge in [-0.25, -0.2) is 0 Å². The first-order valence-corrected chi connectivity index (χ1v) is 5.41. The number of fused-ring (bicyclic) bond motifs is 1. The highest BCUT2D eigenvalue weighted by Crippen LogP contribution is 2.39. The van der Waals surface area contributed by atoms with Gasteiger partial charge in [0, 0.05) is 17.0 Å². The standard InChI is InChI=1S/C9H12N2O2S/c1-6-7(4-10-13-2)5-11-8(12)3-9(11)14-6/h4-6,9H,3H2,1-2H3/t6-,9-/m1/s1. The fourth-order valence-corrected chi connectivity index (χ4v) is 2.80. The van der Waals surface area contributed by atoms with Crippen LogP contribution < -0.4 is 0 Å². The summed E-state index contributed by atoms with van der Waals surface area (Å²) in [6.45, 7) is 2.11. The number of carbonyl (C=O) groups is 1. The average Bonchev–Trinajstić information content (AvgIpc) is 2.16. The van der Waals surface area contributed by atoms with Gasteiger partial charge in [0.2, 0.25) is 5.91 Å². The minimum Gasteiger partial charge on any atom is -0.399 e. The van der Waals surface area contributed by atoms with Crippen LogP contribution in [0.2, 0.25) is 0 Å². The molecule has 76 valence electrons. The van der Waals surface area contributed by atoms with E-state index >= 15 is 0 Å². The monoisotopic (exact) mass is 212 g/mol. The highest BCUT2D eigenvalue weighted by atomic mass is 32.2. The summed E-state index contributed by atoms with van der Waals surface area (Å²) in [5.41, 5.74) is 1.03. The highest BCUT2D eigenvalue weighted by Gasteiger charge is 2.39. The van der Waals surface area contributed by atoms with Crippen molar-refractivity contribution in [1.29, 1.82) is 0 Å². The zero-order valence-corrected chi connectivity index (χ0v) is 8.95. The van der Waals surface area contributed by atoms with Crippen LogP contribution in [-0.2, 0) is 9.63 Å². The van der Waals surface area contributed by atoms with E-state index in [2.05, 4.69) is 16.9 Å². The van der Waals surface area contributed by atoms with E-state index in [-0.39, 0.29) is 5.91 Å². The Hall–Kier alpha value is -0.970. The van der Waals surface area contributed by atoms with Crippen molar-refractivity contribution in [2.75, 3.05) is 7.11 Å². The van der Waals surface area contributed by atoms with Gasteiger partial charge in [0.05, 0.1) is 18.0 Å².